The monoisotopic (exact) mass is 302 g/mol. The smallest absolute Gasteiger partial charge is 0.123 e. The lowest BCUT2D eigenvalue weighted by Gasteiger charge is -2.17. The van der Waals surface area contributed by atoms with Crippen LogP contribution >= 0.6 is 11.6 Å². The van der Waals surface area contributed by atoms with Crippen molar-refractivity contribution >= 4 is 11.6 Å². The maximum absolute atomic E-state index is 6.73. The van der Waals surface area contributed by atoms with E-state index < -0.39 is 0 Å². The SMILES string of the molecule is CCc1ccc(C(Cl)c2cc(C)ccc2OC)cc1CC. The van der Waals surface area contributed by atoms with Gasteiger partial charge in [0.05, 0.1) is 12.5 Å². The Morgan fingerprint density at radius 3 is 2.33 bits per heavy atom. The number of halogens is 1. The second-order valence-electron chi connectivity index (χ2n) is 5.34. The van der Waals surface area contributed by atoms with Crippen LogP contribution in [0.15, 0.2) is 36.4 Å². The summed E-state index contributed by atoms with van der Waals surface area (Å²) in [6.45, 7) is 6.45. The molecule has 1 unspecified atom stereocenters. The number of aryl methyl sites for hydroxylation is 3. The number of ether oxygens (including phenoxy) is 1. The number of hydrogen-bond donors (Lipinski definition) is 0. The van der Waals surface area contributed by atoms with Crippen molar-refractivity contribution in [1.82, 2.24) is 0 Å². The van der Waals surface area contributed by atoms with E-state index in [1.54, 1.807) is 7.11 Å². The highest BCUT2D eigenvalue weighted by Gasteiger charge is 2.17. The van der Waals surface area contributed by atoms with Crippen LogP contribution in [-0.4, -0.2) is 7.11 Å². The number of hydrogen-bond acceptors (Lipinski definition) is 1. The fourth-order valence-electron chi connectivity index (χ4n) is 2.71. The van der Waals surface area contributed by atoms with Gasteiger partial charge in [-0.05, 0) is 42.5 Å². The van der Waals surface area contributed by atoms with Crippen molar-refractivity contribution < 1.29 is 4.74 Å². The molecule has 0 saturated heterocycles. The Morgan fingerprint density at radius 2 is 1.71 bits per heavy atom. The highest BCUT2D eigenvalue weighted by atomic mass is 35.5. The van der Waals surface area contributed by atoms with Gasteiger partial charge in [0.15, 0.2) is 0 Å². The molecule has 0 aliphatic rings. The van der Waals surface area contributed by atoms with Crippen molar-refractivity contribution in [1.29, 1.82) is 0 Å². The predicted molar refractivity (Wildman–Crippen MR) is 90.6 cm³/mol. The third kappa shape index (κ3) is 3.41. The molecule has 0 aromatic heterocycles. The Morgan fingerprint density at radius 1 is 1.00 bits per heavy atom. The van der Waals surface area contributed by atoms with Crippen molar-refractivity contribution in [3.05, 3.63) is 64.2 Å². The van der Waals surface area contributed by atoms with Crippen LogP contribution in [0.5, 0.6) is 5.75 Å². The highest BCUT2D eigenvalue weighted by molar-refractivity contribution is 6.22. The minimum Gasteiger partial charge on any atom is -0.496 e. The first-order valence-corrected chi connectivity index (χ1v) is 7.94. The van der Waals surface area contributed by atoms with Crippen LogP contribution in [0.1, 0.15) is 47.0 Å². The number of rotatable bonds is 5. The number of methoxy groups -OCH3 is 1. The molecule has 0 aliphatic carbocycles. The summed E-state index contributed by atoms with van der Waals surface area (Å²) < 4.78 is 5.46. The molecule has 0 aliphatic heterocycles. The quantitative estimate of drug-likeness (QED) is 0.667. The lowest BCUT2D eigenvalue weighted by molar-refractivity contribution is 0.410. The van der Waals surface area contributed by atoms with Crippen molar-refractivity contribution in [3.63, 3.8) is 0 Å². The van der Waals surface area contributed by atoms with Gasteiger partial charge in [-0.2, -0.15) is 0 Å². The summed E-state index contributed by atoms with van der Waals surface area (Å²) in [5.41, 5.74) is 6.14. The van der Waals surface area contributed by atoms with Gasteiger partial charge in [0, 0.05) is 5.56 Å². The Hall–Kier alpha value is -1.47. The molecule has 0 fully saturated rings. The van der Waals surface area contributed by atoms with Gasteiger partial charge in [0.1, 0.15) is 5.75 Å². The van der Waals surface area contributed by atoms with Crippen LogP contribution in [0.4, 0.5) is 0 Å². The van der Waals surface area contributed by atoms with Crippen molar-refractivity contribution in [2.24, 2.45) is 0 Å². The van der Waals surface area contributed by atoms with E-state index in [1.165, 1.54) is 16.7 Å². The summed E-state index contributed by atoms with van der Waals surface area (Å²) in [7, 11) is 1.69. The molecule has 2 heteroatoms. The van der Waals surface area contributed by atoms with Gasteiger partial charge < -0.3 is 4.74 Å². The molecule has 21 heavy (non-hydrogen) atoms. The summed E-state index contributed by atoms with van der Waals surface area (Å²) >= 11 is 6.73. The molecule has 0 bridgehead atoms. The second-order valence-corrected chi connectivity index (χ2v) is 5.78. The van der Waals surface area contributed by atoms with E-state index in [-0.39, 0.29) is 5.38 Å². The summed E-state index contributed by atoms with van der Waals surface area (Å²) in [5.74, 6) is 0.846. The van der Waals surface area contributed by atoms with Crippen LogP contribution in [0.25, 0.3) is 0 Å². The van der Waals surface area contributed by atoms with Crippen molar-refractivity contribution in [3.8, 4) is 5.75 Å². The van der Waals surface area contributed by atoms with E-state index in [1.807, 2.05) is 12.1 Å². The molecule has 0 amide bonds. The van der Waals surface area contributed by atoms with Crippen LogP contribution in [0, 0.1) is 6.92 Å². The third-order valence-corrected chi connectivity index (χ3v) is 4.43. The van der Waals surface area contributed by atoms with Gasteiger partial charge in [0.2, 0.25) is 0 Å². The summed E-state index contributed by atoms with van der Waals surface area (Å²) in [6, 6.07) is 12.7. The van der Waals surface area contributed by atoms with E-state index >= 15 is 0 Å². The summed E-state index contributed by atoms with van der Waals surface area (Å²) in [6.07, 6.45) is 2.09. The molecular formula is C19H23ClO. The van der Waals surface area contributed by atoms with Gasteiger partial charge in [-0.1, -0.05) is 49.7 Å². The molecular weight excluding hydrogens is 280 g/mol. The Balaban J connectivity index is 2.44. The molecule has 0 spiro atoms. The second kappa shape index (κ2) is 7.00. The number of alkyl halides is 1. The van der Waals surface area contributed by atoms with E-state index in [2.05, 4.69) is 45.0 Å². The maximum Gasteiger partial charge on any atom is 0.123 e. The molecule has 2 aromatic rings. The van der Waals surface area contributed by atoms with Gasteiger partial charge in [-0.3, -0.25) is 0 Å². The lowest BCUT2D eigenvalue weighted by atomic mass is 9.95. The average molecular weight is 303 g/mol. The number of benzene rings is 2. The molecule has 2 rings (SSSR count). The largest absolute Gasteiger partial charge is 0.496 e. The van der Waals surface area contributed by atoms with Crippen LogP contribution in [0.3, 0.4) is 0 Å². The molecule has 0 radical (unpaired) electrons. The Labute approximate surface area is 132 Å². The minimum absolute atomic E-state index is 0.184. The molecule has 0 saturated carbocycles. The predicted octanol–water partition coefficient (Wildman–Crippen LogP) is 5.46. The Bertz CT molecular complexity index is 619. The van der Waals surface area contributed by atoms with Crippen LogP contribution in [0.2, 0.25) is 0 Å². The minimum atomic E-state index is -0.184. The first kappa shape index (κ1) is 15.9. The van der Waals surface area contributed by atoms with Gasteiger partial charge in [0.25, 0.3) is 0 Å². The topological polar surface area (TPSA) is 9.23 Å². The van der Waals surface area contributed by atoms with E-state index in [0.29, 0.717) is 0 Å². The van der Waals surface area contributed by atoms with Crippen molar-refractivity contribution in [2.75, 3.05) is 7.11 Å². The molecule has 112 valence electrons. The lowest BCUT2D eigenvalue weighted by Crippen LogP contribution is -2.00. The normalized spacial score (nSPS) is 12.2. The molecule has 1 nitrogen and oxygen atoms in total. The summed E-state index contributed by atoms with van der Waals surface area (Å²) in [5, 5.41) is -0.184. The van der Waals surface area contributed by atoms with Gasteiger partial charge in [-0.15, -0.1) is 11.6 Å². The molecule has 0 heterocycles. The molecule has 0 N–H and O–H groups in total. The average Bonchev–Trinajstić information content (AvgIpc) is 2.53. The third-order valence-electron chi connectivity index (χ3n) is 3.94. The first-order valence-electron chi connectivity index (χ1n) is 7.51. The van der Waals surface area contributed by atoms with Crippen molar-refractivity contribution in [2.45, 2.75) is 39.0 Å². The fraction of sp³-hybridized carbons (Fsp3) is 0.368. The van der Waals surface area contributed by atoms with Crippen LogP contribution in [-0.2, 0) is 12.8 Å². The molecule has 2 aromatic carbocycles. The van der Waals surface area contributed by atoms with E-state index in [0.717, 1.165) is 29.7 Å². The van der Waals surface area contributed by atoms with Gasteiger partial charge in [-0.25, -0.2) is 0 Å². The first-order chi connectivity index (χ1) is 10.1. The maximum atomic E-state index is 6.73. The Kier molecular flexibility index (Phi) is 5.30. The standard InChI is InChI=1S/C19H23ClO/c1-5-14-8-9-16(12-15(14)6-2)19(20)17-11-13(3)7-10-18(17)21-4/h7-12,19H,5-6H2,1-4H3. The zero-order valence-electron chi connectivity index (χ0n) is 13.2. The van der Waals surface area contributed by atoms with Gasteiger partial charge >= 0.3 is 0 Å². The zero-order chi connectivity index (χ0) is 15.4. The van der Waals surface area contributed by atoms with E-state index in [9.17, 15) is 0 Å². The zero-order valence-corrected chi connectivity index (χ0v) is 14.0. The molecule has 1 atom stereocenters. The van der Waals surface area contributed by atoms with Crippen LogP contribution < -0.4 is 4.74 Å². The fourth-order valence-corrected chi connectivity index (χ4v) is 3.02. The highest BCUT2D eigenvalue weighted by Crippen LogP contribution is 2.36. The summed E-state index contributed by atoms with van der Waals surface area (Å²) in [4.78, 5) is 0. The van der Waals surface area contributed by atoms with E-state index in [4.69, 9.17) is 16.3 Å².